The van der Waals surface area contributed by atoms with Crippen molar-refractivity contribution >= 4 is 5.91 Å². The van der Waals surface area contributed by atoms with Gasteiger partial charge in [0.25, 0.3) is 0 Å². The molecule has 1 aliphatic rings. The first-order valence-corrected chi connectivity index (χ1v) is 4.49. The summed E-state index contributed by atoms with van der Waals surface area (Å²) in [5.41, 5.74) is 0. The molecular weight excluding hydrogens is 156 g/mol. The van der Waals surface area contributed by atoms with Crippen LogP contribution in [0.3, 0.4) is 0 Å². The maximum Gasteiger partial charge on any atom is 0.240 e. The number of nitrogens with one attached hydrogen (secondary N) is 1. The van der Waals surface area contributed by atoms with Gasteiger partial charge in [-0.05, 0) is 6.42 Å². The number of rotatable bonds is 4. The molecule has 12 heavy (non-hydrogen) atoms. The highest BCUT2D eigenvalue weighted by molar-refractivity contribution is 5.83. The van der Waals surface area contributed by atoms with Crippen LogP contribution in [0.15, 0.2) is 0 Å². The van der Waals surface area contributed by atoms with Gasteiger partial charge in [-0.15, -0.1) is 0 Å². The molecular formula is C8H16N2O2. The summed E-state index contributed by atoms with van der Waals surface area (Å²) in [5, 5.41) is 12.9. The van der Waals surface area contributed by atoms with E-state index >= 15 is 0 Å². The van der Waals surface area contributed by atoms with E-state index in [0.29, 0.717) is 0 Å². The van der Waals surface area contributed by atoms with E-state index in [2.05, 4.69) is 12.2 Å². The van der Waals surface area contributed by atoms with Gasteiger partial charge in [0.2, 0.25) is 5.91 Å². The smallest absolute Gasteiger partial charge is 0.240 e. The predicted octanol–water partition coefficient (Wildman–Crippen LogP) is 0.714. The van der Waals surface area contributed by atoms with Crippen molar-refractivity contribution in [3.63, 3.8) is 0 Å². The second-order valence-electron chi connectivity index (χ2n) is 3.15. The van der Waals surface area contributed by atoms with Gasteiger partial charge in [0.05, 0.1) is 6.67 Å². The van der Waals surface area contributed by atoms with Crippen molar-refractivity contribution in [1.29, 1.82) is 0 Å². The minimum atomic E-state index is -0.309. The third-order valence-electron chi connectivity index (χ3n) is 2.16. The number of unbranched alkanes of at least 4 members (excludes halogenated alkanes) is 2. The van der Waals surface area contributed by atoms with Gasteiger partial charge in [-0.2, -0.15) is 5.06 Å². The Morgan fingerprint density at radius 2 is 2.42 bits per heavy atom. The lowest BCUT2D eigenvalue weighted by molar-refractivity contribution is -0.135. The third-order valence-corrected chi connectivity index (χ3v) is 2.16. The quantitative estimate of drug-likeness (QED) is 0.614. The molecule has 1 fully saturated rings. The molecule has 1 atom stereocenters. The van der Waals surface area contributed by atoms with Gasteiger partial charge in [-0.3, -0.25) is 4.79 Å². The van der Waals surface area contributed by atoms with E-state index in [-0.39, 0.29) is 18.6 Å². The standard InChI is InChI=1S/C8H16N2O2/c1-2-3-4-5-7-8(11)9-6-10(7)12/h7,12H,2-6H2,1H3,(H,9,11). The highest BCUT2D eigenvalue weighted by atomic mass is 16.5. The SMILES string of the molecule is CCCCCC1C(=O)NCN1O. The van der Waals surface area contributed by atoms with E-state index in [4.69, 9.17) is 0 Å². The first-order valence-electron chi connectivity index (χ1n) is 4.49. The summed E-state index contributed by atoms with van der Waals surface area (Å²) < 4.78 is 0. The summed E-state index contributed by atoms with van der Waals surface area (Å²) in [6.45, 7) is 2.39. The molecule has 1 heterocycles. The Hall–Kier alpha value is -0.610. The van der Waals surface area contributed by atoms with Gasteiger partial charge in [0.1, 0.15) is 6.04 Å². The zero-order chi connectivity index (χ0) is 8.97. The molecule has 1 aliphatic heterocycles. The predicted molar refractivity (Wildman–Crippen MR) is 44.6 cm³/mol. The number of hydrogen-bond acceptors (Lipinski definition) is 3. The van der Waals surface area contributed by atoms with Crippen molar-refractivity contribution in [2.24, 2.45) is 0 Å². The molecule has 0 aromatic rings. The van der Waals surface area contributed by atoms with Gasteiger partial charge >= 0.3 is 0 Å². The normalized spacial score (nSPS) is 24.5. The molecule has 0 spiro atoms. The highest BCUT2D eigenvalue weighted by Gasteiger charge is 2.30. The van der Waals surface area contributed by atoms with Gasteiger partial charge in [0, 0.05) is 0 Å². The topological polar surface area (TPSA) is 52.6 Å². The summed E-state index contributed by atoms with van der Waals surface area (Å²) in [6.07, 6.45) is 4.03. The van der Waals surface area contributed by atoms with Crippen LogP contribution in [0.25, 0.3) is 0 Å². The van der Waals surface area contributed by atoms with E-state index in [0.717, 1.165) is 30.7 Å². The maximum absolute atomic E-state index is 11.1. The van der Waals surface area contributed by atoms with Crippen LogP contribution in [0.4, 0.5) is 0 Å². The molecule has 70 valence electrons. The van der Waals surface area contributed by atoms with Crippen LogP contribution in [0, 0.1) is 0 Å². The molecule has 4 heteroatoms. The summed E-state index contributed by atoms with van der Waals surface area (Å²) in [4.78, 5) is 11.1. The number of nitrogens with zero attached hydrogens (tertiary/aromatic N) is 1. The molecule has 2 N–H and O–H groups in total. The Bertz CT molecular complexity index is 161. The number of hydrogen-bond donors (Lipinski definition) is 2. The first kappa shape index (κ1) is 9.48. The fourth-order valence-corrected chi connectivity index (χ4v) is 1.39. The molecule has 0 saturated carbocycles. The second kappa shape index (κ2) is 4.42. The molecule has 0 aromatic carbocycles. The van der Waals surface area contributed by atoms with Crippen LogP contribution in [-0.4, -0.2) is 28.9 Å². The van der Waals surface area contributed by atoms with Crippen molar-refractivity contribution in [1.82, 2.24) is 10.4 Å². The second-order valence-corrected chi connectivity index (χ2v) is 3.15. The third kappa shape index (κ3) is 2.19. The fourth-order valence-electron chi connectivity index (χ4n) is 1.39. The maximum atomic E-state index is 11.1. The number of hydroxylamine groups is 2. The Kier molecular flexibility index (Phi) is 3.49. The largest absolute Gasteiger partial charge is 0.340 e. The average Bonchev–Trinajstić information content (AvgIpc) is 2.35. The Balaban J connectivity index is 2.25. The lowest BCUT2D eigenvalue weighted by atomic mass is 10.1. The summed E-state index contributed by atoms with van der Waals surface area (Å²) in [6, 6.07) is -0.309. The lowest BCUT2D eigenvalue weighted by Crippen LogP contribution is -2.30. The summed E-state index contributed by atoms with van der Waals surface area (Å²) in [5.74, 6) is -0.0476. The van der Waals surface area contributed by atoms with Crippen molar-refractivity contribution < 1.29 is 10.0 Å². The molecule has 1 rings (SSSR count). The van der Waals surface area contributed by atoms with Crippen LogP contribution in [0.5, 0.6) is 0 Å². The van der Waals surface area contributed by atoms with Crippen LogP contribution < -0.4 is 5.32 Å². The fraction of sp³-hybridized carbons (Fsp3) is 0.875. The Morgan fingerprint density at radius 3 is 2.92 bits per heavy atom. The number of carbonyl (C=O) groups is 1. The Morgan fingerprint density at radius 1 is 1.67 bits per heavy atom. The average molecular weight is 172 g/mol. The minimum Gasteiger partial charge on any atom is -0.340 e. The number of carbonyl (C=O) groups excluding carboxylic acids is 1. The molecule has 0 aliphatic carbocycles. The molecule has 1 unspecified atom stereocenters. The van der Waals surface area contributed by atoms with Crippen molar-refractivity contribution in [2.45, 2.75) is 38.6 Å². The zero-order valence-electron chi connectivity index (χ0n) is 7.42. The molecule has 1 amide bonds. The van der Waals surface area contributed by atoms with Crippen LogP contribution in [0.1, 0.15) is 32.6 Å². The molecule has 0 bridgehead atoms. The number of amides is 1. The molecule has 0 radical (unpaired) electrons. The minimum absolute atomic E-state index is 0.0476. The first-order chi connectivity index (χ1) is 5.75. The van der Waals surface area contributed by atoms with Crippen LogP contribution in [0.2, 0.25) is 0 Å². The van der Waals surface area contributed by atoms with Gasteiger partial charge in [-0.25, -0.2) is 0 Å². The van der Waals surface area contributed by atoms with Crippen molar-refractivity contribution in [2.75, 3.05) is 6.67 Å². The summed E-state index contributed by atoms with van der Waals surface area (Å²) >= 11 is 0. The van der Waals surface area contributed by atoms with E-state index in [1.807, 2.05) is 0 Å². The van der Waals surface area contributed by atoms with E-state index in [9.17, 15) is 10.0 Å². The van der Waals surface area contributed by atoms with Crippen molar-refractivity contribution in [3.05, 3.63) is 0 Å². The van der Waals surface area contributed by atoms with Gasteiger partial charge in [0.15, 0.2) is 0 Å². The zero-order valence-corrected chi connectivity index (χ0v) is 7.42. The lowest BCUT2D eigenvalue weighted by Gasteiger charge is -2.12. The van der Waals surface area contributed by atoms with E-state index in [1.54, 1.807) is 0 Å². The highest BCUT2D eigenvalue weighted by Crippen LogP contribution is 2.11. The summed E-state index contributed by atoms with van der Waals surface area (Å²) in [7, 11) is 0. The Labute approximate surface area is 72.5 Å². The van der Waals surface area contributed by atoms with Crippen LogP contribution >= 0.6 is 0 Å². The van der Waals surface area contributed by atoms with E-state index < -0.39 is 0 Å². The van der Waals surface area contributed by atoms with E-state index in [1.165, 1.54) is 0 Å². The van der Waals surface area contributed by atoms with Gasteiger partial charge < -0.3 is 10.5 Å². The van der Waals surface area contributed by atoms with Gasteiger partial charge in [-0.1, -0.05) is 26.2 Å². The van der Waals surface area contributed by atoms with Crippen LogP contribution in [-0.2, 0) is 4.79 Å². The molecule has 0 aromatic heterocycles. The molecule has 1 saturated heterocycles. The monoisotopic (exact) mass is 172 g/mol. The molecule has 4 nitrogen and oxygen atoms in total. The van der Waals surface area contributed by atoms with Crippen molar-refractivity contribution in [3.8, 4) is 0 Å².